The van der Waals surface area contributed by atoms with Crippen LogP contribution in [0.25, 0.3) is 51.1 Å². The minimum Gasteiger partial charge on any atom is -0.497 e. The molecular weight excluding hydrogens is 845 g/mol. The van der Waals surface area contributed by atoms with Gasteiger partial charge in [0.05, 0.1) is 57.7 Å². The highest BCUT2D eigenvalue weighted by Crippen LogP contribution is 2.26. The molecule has 3 fully saturated rings. The lowest BCUT2D eigenvalue weighted by Gasteiger charge is -2.27. The molecule has 3 aliphatic rings. The van der Waals surface area contributed by atoms with E-state index in [1.807, 2.05) is 111 Å². The van der Waals surface area contributed by atoms with E-state index in [1.165, 1.54) is 18.4 Å². The van der Waals surface area contributed by atoms with E-state index in [4.69, 9.17) is 23.9 Å². The number of ether oxygens (including phenoxy) is 4. The first-order chi connectivity index (χ1) is 33.0. The Labute approximate surface area is 389 Å². The summed E-state index contributed by atoms with van der Waals surface area (Å²) in [6.45, 7) is 10.8. The standard InChI is InChI=1S/C17H18N4O2.2C17H18N4O/c1-22-14-4-2-3-13(11-14)15-12-21-6-5-16(19-17(21)18-15)20-7-9-23-10-8-20;1-13-2-4-14(5-3-13)15-12-21-7-6-16(19-17(21)18-15)20-8-10-22-11-9-20;1-22-14-6-4-13(5-7-14)15-12-21-11-8-16(19-17(21)18-15)20-9-2-3-10-20/h2-6,11-12H,7-10H2,1H3;2-7,12H,8-11H2,1H3;4-8,11-12H,2-3,9-10H2,1H3. The summed E-state index contributed by atoms with van der Waals surface area (Å²) in [4.78, 5) is 34.8. The Bertz CT molecular complexity index is 3060. The summed E-state index contributed by atoms with van der Waals surface area (Å²) in [6, 6.07) is 30.3. The summed E-state index contributed by atoms with van der Waals surface area (Å²) in [7, 11) is 3.34. The van der Waals surface area contributed by atoms with Crippen LogP contribution in [0.1, 0.15) is 18.4 Å². The van der Waals surface area contributed by atoms with Crippen molar-refractivity contribution in [1.82, 2.24) is 43.1 Å². The average Bonchev–Trinajstić information content (AvgIpc) is 4.24. The fourth-order valence-corrected chi connectivity index (χ4v) is 8.33. The van der Waals surface area contributed by atoms with Gasteiger partial charge in [-0.2, -0.15) is 15.0 Å². The minimum absolute atomic E-state index is 0.701. The molecule has 3 aliphatic heterocycles. The molecule has 0 amide bonds. The van der Waals surface area contributed by atoms with Gasteiger partial charge in [-0.05, 0) is 74.4 Å². The van der Waals surface area contributed by atoms with Crippen LogP contribution in [-0.4, -0.2) is 123 Å². The minimum atomic E-state index is 0.701. The third kappa shape index (κ3) is 10.0. The second-order valence-corrected chi connectivity index (χ2v) is 16.6. The molecule has 3 saturated heterocycles. The molecule has 0 bridgehead atoms. The van der Waals surface area contributed by atoms with E-state index in [1.54, 1.807) is 14.2 Å². The summed E-state index contributed by atoms with van der Waals surface area (Å²) in [6.07, 6.45) is 14.6. The molecule has 0 aliphatic carbocycles. The molecule has 0 spiro atoms. The maximum Gasteiger partial charge on any atom is 0.236 e. The summed E-state index contributed by atoms with van der Waals surface area (Å²) in [5.41, 5.74) is 7.21. The number of anilines is 3. The highest BCUT2D eigenvalue weighted by molar-refractivity contribution is 5.65. The number of aromatic nitrogens is 9. The van der Waals surface area contributed by atoms with Crippen molar-refractivity contribution in [3.63, 3.8) is 0 Å². The molecule has 0 unspecified atom stereocenters. The maximum atomic E-state index is 5.39. The van der Waals surface area contributed by atoms with Gasteiger partial charge in [-0.15, -0.1) is 0 Å². The van der Waals surface area contributed by atoms with Crippen molar-refractivity contribution in [3.05, 3.63) is 134 Å². The second kappa shape index (κ2) is 19.9. The lowest BCUT2D eigenvalue weighted by Crippen LogP contribution is -2.36. The highest BCUT2D eigenvalue weighted by Gasteiger charge is 2.17. The first-order valence-electron chi connectivity index (χ1n) is 22.8. The normalized spacial score (nSPS) is 15.1. The van der Waals surface area contributed by atoms with Gasteiger partial charge in [0.15, 0.2) is 0 Å². The zero-order valence-electron chi connectivity index (χ0n) is 38.1. The Morgan fingerprint density at radius 2 is 0.851 bits per heavy atom. The van der Waals surface area contributed by atoms with Crippen LogP contribution in [0.4, 0.5) is 17.5 Å². The molecule has 0 N–H and O–H groups in total. The molecule has 0 atom stereocenters. The molecule has 9 aromatic rings. The third-order valence-corrected chi connectivity index (χ3v) is 12.1. The van der Waals surface area contributed by atoms with Gasteiger partial charge in [0.2, 0.25) is 17.3 Å². The van der Waals surface area contributed by atoms with Crippen molar-refractivity contribution >= 4 is 34.8 Å². The zero-order valence-corrected chi connectivity index (χ0v) is 38.1. The zero-order chi connectivity index (χ0) is 45.5. The fourth-order valence-electron chi connectivity index (χ4n) is 8.33. The lowest BCUT2D eigenvalue weighted by molar-refractivity contribution is 0.122. The number of rotatable bonds is 8. The fraction of sp³-hybridized carbons (Fsp3) is 0.294. The quantitative estimate of drug-likeness (QED) is 0.147. The van der Waals surface area contributed by atoms with E-state index in [9.17, 15) is 0 Å². The topological polar surface area (TPSA) is 137 Å². The van der Waals surface area contributed by atoms with Gasteiger partial charge in [0, 0.05) is 93.1 Å². The van der Waals surface area contributed by atoms with Crippen LogP contribution in [0.3, 0.4) is 0 Å². The molecule has 6 aromatic heterocycles. The molecular formula is C51H54N12O4. The van der Waals surface area contributed by atoms with E-state index in [2.05, 4.69) is 76.9 Å². The van der Waals surface area contributed by atoms with Crippen LogP contribution in [0.15, 0.2) is 128 Å². The molecule has 16 nitrogen and oxygen atoms in total. The first-order valence-corrected chi connectivity index (χ1v) is 22.8. The smallest absolute Gasteiger partial charge is 0.236 e. The molecule has 3 aromatic carbocycles. The Morgan fingerprint density at radius 3 is 1.30 bits per heavy atom. The van der Waals surface area contributed by atoms with Crippen LogP contribution >= 0.6 is 0 Å². The summed E-state index contributed by atoms with van der Waals surface area (Å²) in [5.74, 6) is 6.79. The average molecular weight is 899 g/mol. The van der Waals surface area contributed by atoms with Gasteiger partial charge in [-0.25, -0.2) is 15.0 Å². The molecule has 9 heterocycles. The Balaban J connectivity index is 0.000000118. The molecule has 0 radical (unpaired) electrons. The van der Waals surface area contributed by atoms with Gasteiger partial charge in [-0.3, -0.25) is 13.2 Å². The molecule has 0 saturated carbocycles. The van der Waals surface area contributed by atoms with Crippen LogP contribution in [0, 0.1) is 6.92 Å². The number of hydrogen-bond acceptors (Lipinski definition) is 13. The van der Waals surface area contributed by atoms with Gasteiger partial charge in [0.1, 0.15) is 29.0 Å². The predicted molar refractivity (Wildman–Crippen MR) is 261 cm³/mol. The number of methoxy groups -OCH3 is 2. The first kappa shape index (κ1) is 43.3. The number of hydrogen-bond donors (Lipinski definition) is 0. The summed E-state index contributed by atoms with van der Waals surface area (Å²) < 4.78 is 27.1. The van der Waals surface area contributed by atoms with Crippen molar-refractivity contribution in [2.45, 2.75) is 19.8 Å². The van der Waals surface area contributed by atoms with Crippen molar-refractivity contribution < 1.29 is 18.9 Å². The number of fused-ring (bicyclic) bond motifs is 3. The Hall–Kier alpha value is -7.56. The number of nitrogens with zero attached hydrogens (tertiary/aromatic N) is 12. The number of imidazole rings is 3. The summed E-state index contributed by atoms with van der Waals surface area (Å²) >= 11 is 0. The Morgan fingerprint density at radius 1 is 0.433 bits per heavy atom. The summed E-state index contributed by atoms with van der Waals surface area (Å²) in [5, 5.41) is 0. The molecule has 67 heavy (non-hydrogen) atoms. The highest BCUT2D eigenvalue weighted by atomic mass is 16.5. The predicted octanol–water partition coefficient (Wildman–Crippen LogP) is 7.79. The number of morpholine rings is 2. The van der Waals surface area contributed by atoms with Gasteiger partial charge in [0.25, 0.3) is 0 Å². The maximum absolute atomic E-state index is 5.39. The van der Waals surface area contributed by atoms with Crippen molar-refractivity contribution in [2.24, 2.45) is 0 Å². The Kier molecular flexibility index (Phi) is 12.9. The molecule has 12 rings (SSSR count). The van der Waals surface area contributed by atoms with Crippen LogP contribution < -0.4 is 24.2 Å². The van der Waals surface area contributed by atoms with Gasteiger partial charge in [-0.1, -0.05) is 42.0 Å². The largest absolute Gasteiger partial charge is 0.497 e. The monoisotopic (exact) mass is 898 g/mol. The van der Waals surface area contributed by atoms with Crippen molar-refractivity contribution in [3.8, 4) is 45.3 Å². The SMILES string of the molecule is COc1ccc(-c2cn3ccc(N4CCCC4)nc3n2)cc1.COc1cccc(-c2cn3ccc(N4CCOCC4)nc3n2)c1.Cc1ccc(-c2cn3ccc(N4CCOCC4)nc3n2)cc1. The lowest BCUT2D eigenvalue weighted by atomic mass is 10.1. The van der Waals surface area contributed by atoms with Crippen LogP contribution in [-0.2, 0) is 9.47 Å². The second-order valence-electron chi connectivity index (χ2n) is 16.6. The van der Waals surface area contributed by atoms with E-state index in [0.717, 1.165) is 140 Å². The molecule has 342 valence electrons. The van der Waals surface area contributed by atoms with E-state index >= 15 is 0 Å². The van der Waals surface area contributed by atoms with Gasteiger partial charge >= 0.3 is 0 Å². The number of aryl methyl sites for hydroxylation is 1. The molecule has 16 heteroatoms. The van der Waals surface area contributed by atoms with Crippen LogP contribution in [0.5, 0.6) is 11.5 Å². The van der Waals surface area contributed by atoms with E-state index < -0.39 is 0 Å². The number of benzene rings is 3. The van der Waals surface area contributed by atoms with E-state index in [-0.39, 0.29) is 0 Å². The van der Waals surface area contributed by atoms with Crippen molar-refractivity contribution in [2.75, 3.05) is 94.6 Å². The van der Waals surface area contributed by atoms with Gasteiger partial charge < -0.3 is 33.6 Å². The van der Waals surface area contributed by atoms with Crippen LogP contribution in [0.2, 0.25) is 0 Å². The third-order valence-electron chi connectivity index (χ3n) is 12.1. The van der Waals surface area contributed by atoms with E-state index in [0.29, 0.717) is 5.78 Å². The van der Waals surface area contributed by atoms with Crippen molar-refractivity contribution in [1.29, 1.82) is 0 Å².